The molecule has 0 aliphatic heterocycles. The first-order valence-corrected chi connectivity index (χ1v) is 21.0. The Morgan fingerprint density at radius 2 is 0.837 bits per heavy atom. The van der Waals surface area contributed by atoms with Gasteiger partial charge in [0.15, 0.2) is 6.10 Å². The summed E-state index contributed by atoms with van der Waals surface area (Å²) >= 11 is 0. The Bertz CT molecular complexity index is 786. The maximum Gasteiger partial charge on any atom is 0.306 e. The van der Waals surface area contributed by atoms with E-state index in [2.05, 4.69) is 50.3 Å². The SMILES string of the molecule is CCCC/C=C\C/C=C\CCCCCCCC(=O)OC(CO)COC(=O)CCCCCCCCCCC/C=C\CCCCCCCCCC. The molecule has 5 nitrogen and oxygen atoms in total. The summed E-state index contributed by atoms with van der Waals surface area (Å²) in [5.41, 5.74) is 0. The monoisotopic (exact) mass is 689 g/mol. The van der Waals surface area contributed by atoms with Gasteiger partial charge in [0.25, 0.3) is 0 Å². The molecule has 5 heteroatoms. The van der Waals surface area contributed by atoms with Gasteiger partial charge >= 0.3 is 11.9 Å². The average Bonchev–Trinajstić information content (AvgIpc) is 3.10. The van der Waals surface area contributed by atoms with Gasteiger partial charge < -0.3 is 14.6 Å². The lowest BCUT2D eigenvalue weighted by Crippen LogP contribution is -2.28. The van der Waals surface area contributed by atoms with Crippen LogP contribution in [0.5, 0.6) is 0 Å². The fourth-order valence-electron chi connectivity index (χ4n) is 5.92. The number of ether oxygens (including phenoxy) is 2. The Labute approximate surface area is 304 Å². The van der Waals surface area contributed by atoms with Crippen LogP contribution in [0.3, 0.4) is 0 Å². The van der Waals surface area contributed by atoms with E-state index in [0.29, 0.717) is 12.8 Å². The fourth-order valence-corrected chi connectivity index (χ4v) is 5.92. The molecular weight excluding hydrogens is 608 g/mol. The Hall–Kier alpha value is -1.88. The maximum atomic E-state index is 12.2. The molecule has 0 amide bonds. The van der Waals surface area contributed by atoms with E-state index in [-0.39, 0.29) is 25.2 Å². The molecule has 0 aromatic heterocycles. The van der Waals surface area contributed by atoms with E-state index in [1.54, 1.807) is 0 Å². The molecular formula is C44H80O5. The van der Waals surface area contributed by atoms with Crippen LogP contribution in [0.25, 0.3) is 0 Å². The van der Waals surface area contributed by atoms with Gasteiger partial charge in [0.2, 0.25) is 0 Å². The number of carbonyl (C=O) groups is 2. The average molecular weight is 689 g/mol. The molecule has 1 unspecified atom stereocenters. The van der Waals surface area contributed by atoms with Crippen molar-refractivity contribution in [1.29, 1.82) is 0 Å². The van der Waals surface area contributed by atoms with Gasteiger partial charge in [-0.25, -0.2) is 0 Å². The van der Waals surface area contributed by atoms with Gasteiger partial charge in [0, 0.05) is 12.8 Å². The van der Waals surface area contributed by atoms with E-state index in [1.165, 1.54) is 135 Å². The van der Waals surface area contributed by atoms with Crippen molar-refractivity contribution in [2.24, 2.45) is 0 Å². The number of unbranched alkanes of at least 4 members (excludes halogenated alkanes) is 24. The second-order valence-corrected chi connectivity index (χ2v) is 14.1. The summed E-state index contributed by atoms with van der Waals surface area (Å²) in [4.78, 5) is 24.3. The standard InChI is InChI=1S/C44H80O5/c1-3-5-7-9-11-13-15-17-19-20-21-22-23-24-25-27-28-30-32-34-36-38-43(46)48-41-42(40-45)49-44(47)39-37-35-33-31-29-26-18-16-14-12-10-8-6-4-2/h10,12,16,18,20-21,42,45H,3-9,11,13-15,17,19,22-41H2,1-2H3/b12-10-,18-16-,21-20-. The van der Waals surface area contributed by atoms with E-state index in [9.17, 15) is 14.7 Å². The normalized spacial score (nSPS) is 12.5. The largest absolute Gasteiger partial charge is 0.462 e. The van der Waals surface area contributed by atoms with Gasteiger partial charge in [-0.1, -0.05) is 172 Å². The molecule has 286 valence electrons. The van der Waals surface area contributed by atoms with Crippen LogP contribution in [0.4, 0.5) is 0 Å². The van der Waals surface area contributed by atoms with Crippen LogP contribution >= 0.6 is 0 Å². The third-order valence-electron chi connectivity index (χ3n) is 9.16. The number of esters is 2. The highest BCUT2D eigenvalue weighted by Crippen LogP contribution is 2.14. The zero-order valence-corrected chi connectivity index (χ0v) is 32.5. The zero-order chi connectivity index (χ0) is 35.7. The van der Waals surface area contributed by atoms with Crippen LogP contribution < -0.4 is 0 Å². The van der Waals surface area contributed by atoms with Gasteiger partial charge in [-0.05, 0) is 64.2 Å². The summed E-state index contributed by atoms with van der Waals surface area (Å²) in [5, 5.41) is 9.56. The summed E-state index contributed by atoms with van der Waals surface area (Å²) in [6.45, 7) is 4.09. The number of hydrogen-bond donors (Lipinski definition) is 1. The second kappa shape index (κ2) is 40.5. The highest BCUT2D eigenvalue weighted by atomic mass is 16.6. The lowest BCUT2D eigenvalue weighted by atomic mass is 10.1. The molecule has 0 aromatic carbocycles. The van der Waals surface area contributed by atoms with Crippen molar-refractivity contribution < 1.29 is 24.2 Å². The first-order chi connectivity index (χ1) is 24.1. The summed E-state index contributed by atoms with van der Waals surface area (Å²) in [5.74, 6) is -0.606. The molecule has 0 aliphatic carbocycles. The minimum atomic E-state index is -0.777. The maximum absolute atomic E-state index is 12.2. The molecule has 0 saturated heterocycles. The van der Waals surface area contributed by atoms with Crippen LogP contribution in [0.2, 0.25) is 0 Å². The Morgan fingerprint density at radius 3 is 1.29 bits per heavy atom. The molecule has 1 N–H and O–H groups in total. The van der Waals surface area contributed by atoms with E-state index < -0.39 is 6.10 Å². The first-order valence-electron chi connectivity index (χ1n) is 21.0. The van der Waals surface area contributed by atoms with Crippen LogP contribution in [-0.2, 0) is 19.1 Å². The Morgan fingerprint density at radius 1 is 0.469 bits per heavy atom. The van der Waals surface area contributed by atoms with E-state index in [0.717, 1.165) is 51.4 Å². The minimum absolute atomic E-state index is 0.0713. The van der Waals surface area contributed by atoms with Gasteiger partial charge in [0.05, 0.1) is 6.61 Å². The Balaban J connectivity index is 3.53. The third-order valence-corrected chi connectivity index (χ3v) is 9.16. The fraction of sp³-hybridized carbons (Fsp3) is 0.818. The van der Waals surface area contributed by atoms with Crippen LogP contribution in [0.15, 0.2) is 36.5 Å². The first kappa shape index (κ1) is 47.1. The molecule has 0 fully saturated rings. The van der Waals surface area contributed by atoms with E-state index in [1.807, 2.05) is 0 Å². The van der Waals surface area contributed by atoms with Gasteiger partial charge in [-0.2, -0.15) is 0 Å². The van der Waals surface area contributed by atoms with Crippen molar-refractivity contribution in [3.05, 3.63) is 36.5 Å². The van der Waals surface area contributed by atoms with Crippen molar-refractivity contribution >= 4 is 11.9 Å². The highest BCUT2D eigenvalue weighted by molar-refractivity contribution is 5.70. The number of carbonyl (C=O) groups excluding carboxylic acids is 2. The lowest BCUT2D eigenvalue weighted by Gasteiger charge is -2.15. The summed E-state index contributed by atoms with van der Waals surface area (Å²) in [7, 11) is 0. The zero-order valence-electron chi connectivity index (χ0n) is 32.5. The summed E-state index contributed by atoms with van der Waals surface area (Å²) in [6.07, 6.45) is 49.2. The highest BCUT2D eigenvalue weighted by Gasteiger charge is 2.16. The number of hydrogen-bond acceptors (Lipinski definition) is 5. The van der Waals surface area contributed by atoms with Crippen LogP contribution in [0.1, 0.15) is 213 Å². The predicted molar refractivity (Wildman–Crippen MR) is 210 cm³/mol. The number of aliphatic hydroxyl groups excluding tert-OH is 1. The second-order valence-electron chi connectivity index (χ2n) is 14.1. The minimum Gasteiger partial charge on any atom is -0.462 e. The third kappa shape index (κ3) is 38.8. The van der Waals surface area contributed by atoms with Gasteiger partial charge in [-0.3, -0.25) is 9.59 Å². The molecule has 49 heavy (non-hydrogen) atoms. The number of rotatable bonds is 38. The molecule has 0 bridgehead atoms. The van der Waals surface area contributed by atoms with Crippen LogP contribution in [-0.4, -0.2) is 36.4 Å². The molecule has 0 spiro atoms. The smallest absolute Gasteiger partial charge is 0.306 e. The summed E-state index contributed by atoms with van der Waals surface area (Å²) < 4.78 is 10.6. The summed E-state index contributed by atoms with van der Waals surface area (Å²) in [6, 6.07) is 0. The van der Waals surface area contributed by atoms with Crippen molar-refractivity contribution in [1.82, 2.24) is 0 Å². The number of aliphatic hydroxyl groups is 1. The van der Waals surface area contributed by atoms with Crippen molar-refractivity contribution in [2.75, 3.05) is 13.2 Å². The number of allylic oxidation sites excluding steroid dienone is 6. The lowest BCUT2D eigenvalue weighted by molar-refractivity contribution is -0.161. The predicted octanol–water partition coefficient (Wildman–Crippen LogP) is 13.2. The van der Waals surface area contributed by atoms with Gasteiger partial charge in [0.1, 0.15) is 6.61 Å². The molecule has 0 aromatic rings. The quantitative estimate of drug-likeness (QED) is 0.0397. The Kier molecular flexibility index (Phi) is 39.0. The van der Waals surface area contributed by atoms with E-state index in [4.69, 9.17) is 9.47 Å². The molecule has 1 atom stereocenters. The topological polar surface area (TPSA) is 72.8 Å². The van der Waals surface area contributed by atoms with Crippen molar-refractivity contribution in [3.8, 4) is 0 Å². The van der Waals surface area contributed by atoms with Crippen LogP contribution in [0, 0.1) is 0 Å². The molecule has 0 saturated carbocycles. The van der Waals surface area contributed by atoms with Crippen molar-refractivity contribution in [3.63, 3.8) is 0 Å². The van der Waals surface area contributed by atoms with Crippen molar-refractivity contribution in [2.45, 2.75) is 219 Å². The molecule has 0 aliphatic rings. The molecule has 0 radical (unpaired) electrons. The van der Waals surface area contributed by atoms with E-state index >= 15 is 0 Å². The molecule has 0 rings (SSSR count). The van der Waals surface area contributed by atoms with Gasteiger partial charge in [-0.15, -0.1) is 0 Å². The molecule has 0 heterocycles.